The molecular formula is C14H28N2O. The fourth-order valence-electron chi connectivity index (χ4n) is 3.72. The van der Waals surface area contributed by atoms with Gasteiger partial charge in [0.1, 0.15) is 0 Å². The fourth-order valence-corrected chi connectivity index (χ4v) is 3.72. The Morgan fingerprint density at radius 1 is 1.35 bits per heavy atom. The van der Waals surface area contributed by atoms with E-state index in [-0.39, 0.29) is 5.54 Å². The number of rotatable bonds is 3. The molecule has 0 aliphatic carbocycles. The van der Waals surface area contributed by atoms with Crippen molar-refractivity contribution in [3.63, 3.8) is 0 Å². The number of likely N-dealkylation sites (tertiary alicyclic amines) is 1. The number of nitrogens with two attached hydrogens (primary N) is 1. The van der Waals surface area contributed by atoms with Gasteiger partial charge in [-0.25, -0.2) is 0 Å². The first kappa shape index (κ1) is 13.3. The minimum atomic E-state index is 0.116. The number of hydrogen-bond donors (Lipinski definition) is 1. The van der Waals surface area contributed by atoms with Gasteiger partial charge in [-0.15, -0.1) is 0 Å². The van der Waals surface area contributed by atoms with Gasteiger partial charge in [0.25, 0.3) is 0 Å². The second-order valence-corrected chi connectivity index (χ2v) is 5.68. The monoisotopic (exact) mass is 240 g/mol. The minimum absolute atomic E-state index is 0.116. The first-order chi connectivity index (χ1) is 8.24. The molecule has 0 aromatic rings. The van der Waals surface area contributed by atoms with Crippen molar-refractivity contribution in [3.8, 4) is 0 Å². The summed E-state index contributed by atoms with van der Waals surface area (Å²) in [5.41, 5.74) is 6.25. The average molecular weight is 240 g/mol. The zero-order chi connectivity index (χ0) is 12.3. The molecule has 3 heteroatoms. The summed E-state index contributed by atoms with van der Waals surface area (Å²) in [4.78, 5) is 2.71. The maximum Gasteiger partial charge on any atom is 0.0743 e. The van der Waals surface area contributed by atoms with Gasteiger partial charge in [0, 0.05) is 19.2 Å². The number of hydrogen-bond acceptors (Lipinski definition) is 3. The van der Waals surface area contributed by atoms with Crippen LogP contribution in [-0.2, 0) is 4.74 Å². The van der Waals surface area contributed by atoms with E-state index in [1.165, 1.54) is 38.6 Å². The summed E-state index contributed by atoms with van der Waals surface area (Å²) in [5.74, 6) is 0. The zero-order valence-corrected chi connectivity index (χ0v) is 11.5. The van der Waals surface area contributed by atoms with Crippen molar-refractivity contribution >= 4 is 0 Å². The lowest BCUT2D eigenvalue weighted by molar-refractivity contribution is -0.0101. The summed E-state index contributed by atoms with van der Waals surface area (Å²) in [7, 11) is 0. The molecule has 0 aromatic carbocycles. The summed E-state index contributed by atoms with van der Waals surface area (Å²) in [6.45, 7) is 7.35. The molecule has 0 aromatic heterocycles. The van der Waals surface area contributed by atoms with Gasteiger partial charge in [-0.05, 0) is 39.2 Å². The van der Waals surface area contributed by atoms with Crippen LogP contribution in [0.4, 0.5) is 0 Å². The largest absolute Gasteiger partial charge is 0.376 e. The lowest BCUT2D eigenvalue weighted by Crippen LogP contribution is -2.61. The summed E-state index contributed by atoms with van der Waals surface area (Å²) >= 11 is 0. The molecule has 2 rings (SSSR count). The van der Waals surface area contributed by atoms with Crippen LogP contribution < -0.4 is 5.73 Å². The number of nitrogens with zero attached hydrogens (tertiary/aromatic N) is 1. The zero-order valence-electron chi connectivity index (χ0n) is 11.5. The highest BCUT2D eigenvalue weighted by atomic mass is 16.5. The van der Waals surface area contributed by atoms with E-state index >= 15 is 0 Å². The third-order valence-corrected chi connectivity index (χ3v) is 4.93. The molecule has 0 spiro atoms. The predicted octanol–water partition coefficient (Wildman–Crippen LogP) is 2.15. The van der Waals surface area contributed by atoms with Crippen molar-refractivity contribution in [2.45, 2.75) is 70.1 Å². The lowest BCUT2D eigenvalue weighted by atomic mass is 9.87. The summed E-state index contributed by atoms with van der Waals surface area (Å²) < 4.78 is 5.82. The highest BCUT2D eigenvalue weighted by Crippen LogP contribution is 2.36. The normalized spacial score (nSPS) is 40.4. The molecule has 0 bridgehead atoms. The lowest BCUT2D eigenvalue weighted by Gasteiger charge is -2.46. The van der Waals surface area contributed by atoms with Crippen molar-refractivity contribution in [1.82, 2.24) is 4.90 Å². The maximum atomic E-state index is 6.14. The van der Waals surface area contributed by atoms with Crippen LogP contribution >= 0.6 is 0 Å². The van der Waals surface area contributed by atoms with E-state index in [1.54, 1.807) is 0 Å². The molecule has 2 N–H and O–H groups in total. The van der Waals surface area contributed by atoms with Crippen molar-refractivity contribution in [2.24, 2.45) is 5.73 Å². The van der Waals surface area contributed by atoms with Crippen LogP contribution in [0, 0.1) is 0 Å². The van der Waals surface area contributed by atoms with Crippen LogP contribution in [-0.4, -0.2) is 42.3 Å². The van der Waals surface area contributed by atoms with Crippen LogP contribution in [0.2, 0.25) is 0 Å². The average Bonchev–Trinajstić information content (AvgIpc) is 2.59. The standard InChI is InChI=1S/C14H28N2O/c1-3-13-7-5-4-6-9-16(13)14(11-15)8-10-17-12(14)2/h12-13H,3-11,15H2,1-2H3. The van der Waals surface area contributed by atoms with E-state index in [0.29, 0.717) is 12.1 Å². The van der Waals surface area contributed by atoms with Gasteiger partial charge in [-0.3, -0.25) is 4.90 Å². The molecule has 2 fully saturated rings. The van der Waals surface area contributed by atoms with E-state index in [1.807, 2.05) is 0 Å². The Labute approximate surface area is 106 Å². The highest BCUT2D eigenvalue weighted by molar-refractivity contribution is 5.02. The molecule has 2 aliphatic heterocycles. The Morgan fingerprint density at radius 2 is 2.18 bits per heavy atom. The molecule has 100 valence electrons. The molecule has 0 radical (unpaired) electrons. The van der Waals surface area contributed by atoms with Gasteiger partial charge in [0.2, 0.25) is 0 Å². The second-order valence-electron chi connectivity index (χ2n) is 5.68. The first-order valence-electron chi connectivity index (χ1n) is 7.33. The van der Waals surface area contributed by atoms with Crippen molar-refractivity contribution in [2.75, 3.05) is 19.7 Å². The molecule has 17 heavy (non-hydrogen) atoms. The number of ether oxygens (including phenoxy) is 1. The third-order valence-electron chi connectivity index (χ3n) is 4.93. The van der Waals surface area contributed by atoms with Crippen LogP contribution in [0.3, 0.4) is 0 Å². The van der Waals surface area contributed by atoms with Crippen LogP contribution in [0.25, 0.3) is 0 Å². The topological polar surface area (TPSA) is 38.5 Å². The van der Waals surface area contributed by atoms with Crippen LogP contribution in [0.15, 0.2) is 0 Å². The minimum Gasteiger partial charge on any atom is -0.376 e. The van der Waals surface area contributed by atoms with Crippen molar-refractivity contribution in [1.29, 1.82) is 0 Å². The van der Waals surface area contributed by atoms with E-state index < -0.39 is 0 Å². The van der Waals surface area contributed by atoms with E-state index in [0.717, 1.165) is 19.6 Å². The van der Waals surface area contributed by atoms with E-state index in [9.17, 15) is 0 Å². The Balaban J connectivity index is 2.20. The molecule has 0 saturated carbocycles. The van der Waals surface area contributed by atoms with Crippen molar-refractivity contribution < 1.29 is 4.74 Å². The second kappa shape index (κ2) is 5.68. The molecule has 2 aliphatic rings. The Bertz CT molecular complexity index is 246. The smallest absolute Gasteiger partial charge is 0.0743 e. The molecule has 3 atom stereocenters. The summed E-state index contributed by atoms with van der Waals surface area (Å²) in [5, 5.41) is 0. The molecule has 3 nitrogen and oxygen atoms in total. The van der Waals surface area contributed by atoms with Gasteiger partial charge < -0.3 is 10.5 Å². The van der Waals surface area contributed by atoms with Crippen molar-refractivity contribution in [3.05, 3.63) is 0 Å². The predicted molar refractivity (Wildman–Crippen MR) is 71.1 cm³/mol. The van der Waals surface area contributed by atoms with Gasteiger partial charge >= 0.3 is 0 Å². The Morgan fingerprint density at radius 3 is 2.76 bits per heavy atom. The van der Waals surface area contributed by atoms with Gasteiger partial charge in [0.05, 0.1) is 11.6 Å². The third kappa shape index (κ3) is 2.38. The van der Waals surface area contributed by atoms with Gasteiger partial charge in [0.15, 0.2) is 0 Å². The summed E-state index contributed by atoms with van der Waals surface area (Å²) in [6, 6.07) is 0.713. The molecular weight excluding hydrogens is 212 g/mol. The Kier molecular flexibility index (Phi) is 4.45. The summed E-state index contributed by atoms with van der Waals surface area (Å²) in [6.07, 6.45) is 8.07. The quantitative estimate of drug-likeness (QED) is 0.821. The van der Waals surface area contributed by atoms with Crippen LogP contribution in [0.1, 0.15) is 52.4 Å². The molecule has 2 heterocycles. The van der Waals surface area contributed by atoms with E-state index in [2.05, 4.69) is 18.7 Å². The molecule has 2 saturated heterocycles. The fraction of sp³-hybridized carbons (Fsp3) is 1.00. The SMILES string of the molecule is CCC1CCCCCN1C1(CN)CCOC1C. The Hall–Kier alpha value is -0.120. The van der Waals surface area contributed by atoms with Gasteiger partial charge in [-0.1, -0.05) is 19.8 Å². The highest BCUT2D eigenvalue weighted by Gasteiger charge is 2.47. The first-order valence-corrected chi connectivity index (χ1v) is 7.33. The van der Waals surface area contributed by atoms with E-state index in [4.69, 9.17) is 10.5 Å². The van der Waals surface area contributed by atoms with Crippen LogP contribution in [0.5, 0.6) is 0 Å². The van der Waals surface area contributed by atoms with Gasteiger partial charge in [-0.2, -0.15) is 0 Å². The maximum absolute atomic E-state index is 6.14. The molecule has 3 unspecified atom stereocenters. The molecule has 0 amide bonds.